The van der Waals surface area contributed by atoms with E-state index in [0.717, 1.165) is 15.8 Å². The minimum absolute atomic E-state index is 0.0132. The predicted molar refractivity (Wildman–Crippen MR) is 122 cm³/mol. The number of halogens is 1. The summed E-state index contributed by atoms with van der Waals surface area (Å²) in [6.45, 7) is 5.77. The van der Waals surface area contributed by atoms with Crippen LogP contribution in [0.4, 0.5) is 0 Å². The molecule has 1 N–H and O–H groups in total. The molecule has 5 nitrogen and oxygen atoms in total. The third-order valence-electron chi connectivity index (χ3n) is 5.58. The van der Waals surface area contributed by atoms with Gasteiger partial charge in [-0.2, -0.15) is 0 Å². The fraction of sp³-hybridized carbons (Fsp3) is 0.391. The van der Waals surface area contributed by atoms with Gasteiger partial charge in [0.1, 0.15) is 5.69 Å². The zero-order valence-electron chi connectivity index (χ0n) is 17.2. The van der Waals surface area contributed by atoms with E-state index < -0.39 is 0 Å². The molecule has 30 heavy (non-hydrogen) atoms. The van der Waals surface area contributed by atoms with Crippen LogP contribution in [-0.4, -0.2) is 40.4 Å². The zero-order valence-corrected chi connectivity index (χ0v) is 18.8. The van der Waals surface area contributed by atoms with Gasteiger partial charge in [0.15, 0.2) is 0 Å². The number of carbonyl (C=O) groups excluding carboxylic acids is 2. The van der Waals surface area contributed by atoms with Crippen LogP contribution in [0.5, 0.6) is 0 Å². The first-order valence-corrected chi connectivity index (χ1v) is 11.6. The maximum atomic E-state index is 13.4. The van der Waals surface area contributed by atoms with Gasteiger partial charge in [-0.25, -0.2) is 0 Å². The Bertz CT molecular complexity index is 1050. The number of nitrogens with one attached hydrogen (secondary N) is 1. The molecule has 1 fully saturated rings. The number of aromatic nitrogens is 1. The summed E-state index contributed by atoms with van der Waals surface area (Å²) in [5, 5.41) is 5.74. The van der Waals surface area contributed by atoms with Crippen molar-refractivity contribution in [1.29, 1.82) is 0 Å². The summed E-state index contributed by atoms with van der Waals surface area (Å²) in [7, 11) is 0. The number of hydrogen-bond acceptors (Lipinski definition) is 3. The Morgan fingerprint density at radius 1 is 1.17 bits per heavy atom. The number of rotatable bonds is 5. The maximum absolute atomic E-state index is 13.4. The summed E-state index contributed by atoms with van der Waals surface area (Å²) in [5.74, 6) is 0.125. The van der Waals surface area contributed by atoms with Crippen molar-refractivity contribution in [3.63, 3.8) is 0 Å². The van der Waals surface area contributed by atoms with E-state index in [-0.39, 0.29) is 23.8 Å². The molecule has 0 bridgehead atoms. The van der Waals surface area contributed by atoms with E-state index >= 15 is 0 Å². The molecular weight excluding hydrogens is 418 g/mol. The van der Waals surface area contributed by atoms with Crippen LogP contribution in [0.15, 0.2) is 41.8 Å². The van der Waals surface area contributed by atoms with Gasteiger partial charge in [-0.05, 0) is 61.9 Å². The molecule has 0 atom stereocenters. The van der Waals surface area contributed by atoms with Gasteiger partial charge in [0.2, 0.25) is 5.91 Å². The molecule has 1 aliphatic rings. The highest BCUT2D eigenvalue weighted by Gasteiger charge is 2.29. The number of thiophene rings is 1. The Kier molecular flexibility index (Phi) is 6.16. The summed E-state index contributed by atoms with van der Waals surface area (Å²) in [5.41, 5.74) is 2.88. The summed E-state index contributed by atoms with van der Waals surface area (Å²) in [6.07, 6.45) is 1.41. The van der Waals surface area contributed by atoms with Crippen LogP contribution in [0.3, 0.4) is 0 Å². The van der Waals surface area contributed by atoms with Crippen LogP contribution in [-0.2, 0) is 11.3 Å². The number of fused-ring (bicyclic) bond motifs is 1. The van der Waals surface area contributed by atoms with E-state index in [9.17, 15) is 9.59 Å². The Morgan fingerprint density at radius 3 is 2.53 bits per heavy atom. The number of amides is 2. The lowest BCUT2D eigenvalue weighted by Crippen LogP contribution is -2.44. The summed E-state index contributed by atoms with van der Waals surface area (Å²) in [4.78, 5) is 27.6. The van der Waals surface area contributed by atoms with Gasteiger partial charge >= 0.3 is 0 Å². The number of benzene rings is 1. The standard InChI is InChI=1S/C23H26ClN3O2S/c1-15(2)25-22(28)17-7-10-26(11-8-17)23(29)20-13-21-19(9-12-30-21)27(20)14-16-3-5-18(24)6-4-16/h3-6,9,12-13,15,17H,7-8,10-11,14H2,1-2H3,(H,25,28). The fourth-order valence-corrected chi connectivity index (χ4v) is 4.95. The smallest absolute Gasteiger partial charge is 0.270 e. The molecule has 2 aromatic heterocycles. The van der Waals surface area contributed by atoms with Crippen molar-refractivity contribution in [2.45, 2.75) is 39.3 Å². The van der Waals surface area contributed by atoms with Crippen molar-refractivity contribution in [3.05, 3.63) is 58.1 Å². The van der Waals surface area contributed by atoms with Crippen molar-refractivity contribution in [3.8, 4) is 0 Å². The Morgan fingerprint density at radius 2 is 1.87 bits per heavy atom. The minimum Gasteiger partial charge on any atom is -0.354 e. The van der Waals surface area contributed by atoms with Gasteiger partial charge < -0.3 is 14.8 Å². The van der Waals surface area contributed by atoms with Crippen LogP contribution in [0.25, 0.3) is 10.2 Å². The predicted octanol–water partition coefficient (Wildman–Crippen LogP) is 4.78. The molecule has 0 aliphatic carbocycles. The van der Waals surface area contributed by atoms with Crippen LogP contribution in [0.1, 0.15) is 42.7 Å². The van der Waals surface area contributed by atoms with Gasteiger partial charge in [0, 0.05) is 36.6 Å². The fourth-order valence-electron chi connectivity index (χ4n) is 4.01. The molecule has 0 spiro atoms. The molecule has 4 rings (SSSR count). The molecule has 1 saturated heterocycles. The van der Waals surface area contributed by atoms with E-state index in [2.05, 4.69) is 21.3 Å². The average Bonchev–Trinajstić information content (AvgIpc) is 3.31. The quantitative estimate of drug-likeness (QED) is 0.616. The first kappa shape index (κ1) is 20.9. The topological polar surface area (TPSA) is 54.3 Å². The Labute approximate surface area is 185 Å². The monoisotopic (exact) mass is 443 g/mol. The molecule has 0 unspecified atom stereocenters. The van der Waals surface area contributed by atoms with E-state index in [1.807, 2.05) is 49.1 Å². The van der Waals surface area contributed by atoms with Gasteiger partial charge in [-0.1, -0.05) is 23.7 Å². The molecule has 0 radical (unpaired) electrons. The van der Waals surface area contributed by atoms with E-state index in [1.165, 1.54) is 0 Å². The average molecular weight is 444 g/mol. The number of likely N-dealkylation sites (tertiary alicyclic amines) is 1. The largest absolute Gasteiger partial charge is 0.354 e. The second-order valence-electron chi connectivity index (χ2n) is 8.14. The number of hydrogen-bond donors (Lipinski definition) is 1. The van der Waals surface area contributed by atoms with Crippen molar-refractivity contribution in [2.75, 3.05) is 13.1 Å². The summed E-state index contributed by atoms with van der Waals surface area (Å²) in [6, 6.07) is 11.9. The normalized spacial score (nSPS) is 15.1. The van der Waals surface area contributed by atoms with Crippen molar-refractivity contribution < 1.29 is 9.59 Å². The highest BCUT2D eigenvalue weighted by molar-refractivity contribution is 7.17. The molecule has 3 heterocycles. The third kappa shape index (κ3) is 4.40. The van der Waals surface area contributed by atoms with Crippen LogP contribution >= 0.6 is 22.9 Å². The van der Waals surface area contributed by atoms with Crippen LogP contribution in [0, 0.1) is 5.92 Å². The summed E-state index contributed by atoms with van der Waals surface area (Å²) < 4.78 is 3.20. The van der Waals surface area contributed by atoms with Crippen molar-refractivity contribution in [1.82, 2.24) is 14.8 Å². The van der Waals surface area contributed by atoms with Gasteiger partial charge in [0.25, 0.3) is 5.91 Å². The first-order valence-electron chi connectivity index (χ1n) is 10.3. The zero-order chi connectivity index (χ0) is 21.3. The first-order chi connectivity index (χ1) is 14.4. The number of nitrogens with zero attached hydrogens (tertiary/aromatic N) is 2. The SMILES string of the molecule is CC(C)NC(=O)C1CCN(C(=O)c2cc3sccc3n2Cc2ccc(Cl)cc2)CC1. The Balaban J connectivity index is 1.52. The van der Waals surface area contributed by atoms with Crippen LogP contribution in [0.2, 0.25) is 5.02 Å². The molecule has 158 valence electrons. The third-order valence-corrected chi connectivity index (χ3v) is 6.68. The van der Waals surface area contributed by atoms with E-state index in [0.29, 0.717) is 43.2 Å². The number of piperidine rings is 1. The van der Waals surface area contributed by atoms with E-state index in [4.69, 9.17) is 11.6 Å². The molecule has 3 aromatic rings. The lowest BCUT2D eigenvalue weighted by Gasteiger charge is -2.32. The second kappa shape index (κ2) is 8.82. The lowest BCUT2D eigenvalue weighted by molar-refractivity contribution is -0.126. The van der Waals surface area contributed by atoms with Gasteiger partial charge in [0.05, 0.1) is 10.2 Å². The Hall–Kier alpha value is -2.31. The molecule has 7 heteroatoms. The van der Waals surface area contributed by atoms with Crippen LogP contribution < -0.4 is 5.32 Å². The molecule has 1 aromatic carbocycles. The summed E-state index contributed by atoms with van der Waals surface area (Å²) >= 11 is 7.67. The highest BCUT2D eigenvalue weighted by Crippen LogP contribution is 2.28. The maximum Gasteiger partial charge on any atom is 0.270 e. The second-order valence-corrected chi connectivity index (χ2v) is 9.53. The highest BCUT2D eigenvalue weighted by atomic mass is 35.5. The number of carbonyl (C=O) groups is 2. The molecule has 2 amide bonds. The molecular formula is C23H26ClN3O2S. The molecule has 1 aliphatic heterocycles. The van der Waals surface area contributed by atoms with Crippen molar-refractivity contribution >= 4 is 45.0 Å². The van der Waals surface area contributed by atoms with Gasteiger partial charge in [-0.15, -0.1) is 11.3 Å². The lowest BCUT2D eigenvalue weighted by atomic mass is 9.95. The van der Waals surface area contributed by atoms with Crippen molar-refractivity contribution in [2.24, 2.45) is 5.92 Å². The van der Waals surface area contributed by atoms with E-state index in [1.54, 1.807) is 11.3 Å². The minimum atomic E-state index is -0.0132. The molecule has 0 saturated carbocycles. The van der Waals surface area contributed by atoms with Gasteiger partial charge in [-0.3, -0.25) is 9.59 Å².